The number of carbonyl (C=O) groups is 1. The van der Waals surface area contributed by atoms with Gasteiger partial charge in [0.15, 0.2) is 11.5 Å². The van der Waals surface area contributed by atoms with Crippen molar-refractivity contribution in [3.05, 3.63) is 53.4 Å². The zero-order chi connectivity index (χ0) is 21.8. The maximum atomic E-state index is 11.8. The van der Waals surface area contributed by atoms with Crippen molar-refractivity contribution in [1.82, 2.24) is 0 Å². The van der Waals surface area contributed by atoms with E-state index >= 15 is 0 Å². The Bertz CT molecular complexity index is 1130. The number of aliphatic carboxylic acids is 1. The molecule has 2 aromatic carbocycles. The molecule has 0 aliphatic carbocycles. The number of fused-ring (bicyclic) bond motifs is 1. The second-order valence-corrected chi connectivity index (χ2v) is 7.48. The predicted octanol–water partition coefficient (Wildman–Crippen LogP) is 2.77. The molecule has 1 aromatic heterocycles. The lowest BCUT2D eigenvalue weighted by molar-refractivity contribution is -0.537. The van der Waals surface area contributed by atoms with Gasteiger partial charge in [0, 0.05) is 11.5 Å². The molecule has 0 saturated carbocycles. The molecular weight excluding hydrogens is 382 g/mol. The number of rotatable bonds is 7. The molecule has 3 aromatic rings. The van der Waals surface area contributed by atoms with Crippen LogP contribution in [0.1, 0.15) is 26.3 Å². The van der Waals surface area contributed by atoms with E-state index in [1.165, 1.54) is 0 Å². The van der Waals surface area contributed by atoms with Crippen LogP contribution in [-0.2, 0) is 11.2 Å². The highest BCUT2D eigenvalue weighted by molar-refractivity contribution is 5.79. The number of hydrogen-bond acceptors (Lipinski definition) is 4. The van der Waals surface area contributed by atoms with Crippen LogP contribution in [0.3, 0.4) is 0 Å². The molecule has 2 N–H and O–H groups in total. The van der Waals surface area contributed by atoms with Gasteiger partial charge in [0.25, 0.3) is 0 Å². The predicted molar refractivity (Wildman–Crippen MR) is 114 cm³/mol. The third-order valence-electron chi connectivity index (χ3n) is 5.15. The van der Waals surface area contributed by atoms with Gasteiger partial charge in [0.05, 0.1) is 25.7 Å². The van der Waals surface area contributed by atoms with Crippen LogP contribution in [0.4, 0.5) is 0 Å². The van der Waals surface area contributed by atoms with Crippen molar-refractivity contribution in [1.29, 1.82) is 0 Å². The average molecular weight is 410 g/mol. The summed E-state index contributed by atoms with van der Waals surface area (Å²) in [5, 5.41) is 11.2. The van der Waals surface area contributed by atoms with Crippen LogP contribution in [0.2, 0.25) is 0 Å². The number of ether oxygens (including phenoxy) is 2. The maximum Gasteiger partial charge on any atom is 0.373 e. The van der Waals surface area contributed by atoms with Crippen molar-refractivity contribution in [2.75, 3.05) is 14.2 Å². The molecule has 30 heavy (non-hydrogen) atoms. The monoisotopic (exact) mass is 410 g/mol. The van der Waals surface area contributed by atoms with E-state index in [2.05, 4.69) is 11.9 Å². The molecule has 0 bridgehead atoms. The Morgan fingerprint density at radius 3 is 2.40 bits per heavy atom. The Morgan fingerprint density at radius 1 is 1.07 bits per heavy atom. The summed E-state index contributed by atoms with van der Waals surface area (Å²) < 4.78 is 16.9. The van der Waals surface area contributed by atoms with Gasteiger partial charge in [-0.2, -0.15) is 0 Å². The topological polar surface area (TPSA) is 82.9 Å². The highest BCUT2D eigenvalue weighted by Gasteiger charge is 2.26. The molecule has 0 aliphatic heterocycles. The number of hydrogen-bond donors (Lipinski definition) is 2. The molecule has 3 rings (SSSR count). The third kappa shape index (κ3) is 4.32. The van der Waals surface area contributed by atoms with Crippen LogP contribution < -0.4 is 19.8 Å². The van der Waals surface area contributed by atoms with Crippen molar-refractivity contribution < 1.29 is 28.8 Å². The van der Waals surface area contributed by atoms with Gasteiger partial charge >= 0.3 is 5.97 Å². The summed E-state index contributed by atoms with van der Waals surface area (Å²) >= 11 is 0. The van der Waals surface area contributed by atoms with E-state index in [-0.39, 0.29) is 5.92 Å². The Morgan fingerprint density at radius 2 is 1.80 bits per heavy atom. The zero-order valence-corrected chi connectivity index (χ0v) is 18.0. The van der Waals surface area contributed by atoms with Crippen LogP contribution in [-0.4, -0.2) is 31.3 Å². The number of carboxylic acid groups (broad SMARTS) is 1. The first kappa shape index (κ1) is 21.4. The average Bonchev–Trinajstić information content (AvgIpc) is 2.75. The Labute approximate surface area is 175 Å². The molecule has 6 heteroatoms. The summed E-state index contributed by atoms with van der Waals surface area (Å²) in [6, 6.07) is 12.6. The van der Waals surface area contributed by atoms with E-state index in [0.717, 1.165) is 28.3 Å². The van der Waals surface area contributed by atoms with Gasteiger partial charge in [-0.1, -0.05) is 26.8 Å². The van der Waals surface area contributed by atoms with E-state index < -0.39 is 12.0 Å². The van der Waals surface area contributed by atoms with Crippen LogP contribution in [0.25, 0.3) is 22.3 Å². The third-order valence-corrected chi connectivity index (χ3v) is 5.15. The van der Waals surface area contributed by atoms with Gasteiger partial charge in [-0.15, -0.1) is 0 Å². The van der Waals surface area contributed by atoms with Crippen molar-refractivity contribution in [2.45, 2.75) is 33.2 Å². The van der Waals surface area contributed by atoms with Gasteiger partial charge < -0.3 is 19.0 Å². The number of methoxy groups -OCH3 is 2. The highest BCUT2D eigenvalue weighted by Crippen LogP contribution is 2.32. The molecule has 158 valence electrons. The molecule has 0 radical (unpaired) electrons. The summed E-state index contributed by atoms with van der Waals surface area (Å²) in [6.07, 6.45) is 0.874. The SMILES string of the molecule is CCc1ccc2oc(-c3ccc(OC)c(OC)c3)cc(=[NH+]C(C(=O)O)C(C)C)c2c1. The Balaban J connectivity index is 2.29. The molecular formula is C24H28NO5+. The largest absolute Gasteiger partial charge is 0.493 e. The fourth-order valence-corrected chi connectivity index (χ4v) is 3.39. The summed E-state index contributed by atoms with van der Waals surface area (Å²) in [7, 11) is 3.17. The summed E-state index contributed by atoms with van der Waals surface area (Å²) in [4.78, 5) is 15.0. The standard InChI is InChI=1S/C24H27NO5/c1-6-15-7-9-19-17(11-15)18(25-23(14(2)3)24(26)27)13-21(30-19)16-8-10-20(28-4)22(12-16)29-5/h7-14,23H,6H2,1-5H3,(H,26,27)/p+1. The zero-order valence-electron chi connectivity index (χ0n) is 18.0. The first-order chi connectivity index (χ1) is 14.4. The summed E-state index contributed by atoms with van der Waals surface area (Å²) in [5.74, 6) is 0.834. The van der Waals surface area contributed by atoms with Crippen LogP contribution in [0, 0.1) is 5.92 Å². The van der Waals surface area contributed by atoms with Gasteiger partial charge in [0.2, 0.25) is 11.4 Å². The quantitative estimate of drug-likeness (QED) is 0.626. The second kappa shape index (κ2) is 9.03. The van der Waals surface area contributed by atoms with E-state index in [1.54, 1.807) is 14.2 Å². The lowest BCUT2D eigenvalue weighted by Gasteiger charge is -2.10. The molecule has 0 amide bonds. The normalized spacial score (nSPS) is 12.9. The molecule has 6 nitrogen and oxygen atoms in total. The lowest BCUT2D eigenvalue weighted by atomic mass is 10.0. The van der Waals surface area contributed by atoms with Gasteiger partial charge in [0.1, 0.15) is 11.3 Å². The van der Waals surface area contributed by atoms with Crippen LogP contribution in [0.15, 0.2) is 46.9 Å². The maximum absolute atomic E-state index is 11.8. The molecule has 0 spiro atoms. The number of carboxylic acids is 1. The van der Waals surface area contributed by atoms with Crippen molar-refractivity contribution in [2.24, 2.45) is 5.92 Å². The Kier molecular flexibility index (Phi) is 6.45. The van der Waals surface area contributed by atoms with Crippen molar-refractivity contribution >= 4 is 16.9 Å². The minimum Gasteiger partial charge on any atom is -0.493 e. The van der Waals surface area contributed by atoms with E-state index in [9.17, 15) is 9.90 Å². The first-order valence-corrected chi connectivity index (χ1v) is 9.99. The lowest BCUT2D eigenvalue weighted by Crippen LogP contribution is -2.86. The van der Waals surface area contributed by atoms with Crippen molar-refractivity contribution in [3.63, 3.8) is 0 Å². The minimum atomic E-state index is -0.891. The smallest absolute Gasteiger partial charge is 0.373 e. The van der Waals surface area contributed by atoms with Crippen molar-refractivity contribution in [3.8, 4) is 22.8 Å². The molecule has 1 unspecified atom stereocenters. The highest BCUT2D eigenvalue weighted by atomic mass is 16.5. The van der Waals surface area contributed by atoms with Gasteiger partial charge in [-0.3, -0.25) is 0 Å². The fourth-order valence-electron chi connectivity index (χ4n) is 3.39. The summed E-state index contributed by atoms with van der Waals surface area (Å²) in [5.41, 5.74) is 2.62. The van der Waals surface area contributed by atoms with Crippen LogP contribution in [0.5, 0.6) is 11.5 Å². The second-order valence-electron chi connectivity index (χ2n) is 7.48. The molecule has 0 saturated heterocycles. The summed E-state index contributed by atoms with van der Waals surface area (Å²) in [6.45, 7) is 5.85. The number of aryl methyl sites for hydroxylation is 1. The van der Waals surface area contributed by atoms with Crippen LogP contribution >= 0.6 is 0 Å². The van der Waals surface area contributed by atoms with Gasteiger partial charge in [-0.25, -0.2) is 9.79 Å². The van der Waals surface area contributed by atoms with E-state index in [0.29, 0.717) is 22.8 Å². The molecule has 0 aliphatic rings. The molecule has 1 atom stereocenters. The first-order valence-electron chi connectivity index (χ1n) is 9.99. The number of benzene rings is 2. The van der Waals surface area contributed by atoms with Gasteiger partial charge in [-0.05, 0) is 42.3 Å². The van der Waals surface area contributed by atoms with E-state index in [4.69, 9.17) is 13.9 Å². The van der Waals surface area contributed by atoms with E-state index in [1.807, 2.05) is 56.3 Å². The Hall–Kier alpha value is -3.28. The fraction of sp³-hybridized carbons (Fsp3) is 0.333. The molecule has 1 heterocycles. The molecule has 0 fully saturated rings. The minimum absolute atomic E-state index is 0.0893. The number of nitrogens with one attached hydrogen (secondary N) is 1.